The summed E-state index contributed by atoms with van der Waals surface area (Å²) in [5.41, 5.74) is 2.15. The normalized spacial score (nSPS) is 14.0. The highest BCUT2D eigenvalue weighted by atomic mass is 16.5. The van der Waals surface area contributed by atoms with Gasteiger partial charge in [-0.3, -0.25) is 9.78 Å². The van der Waals surface area contributed by atoms with Crippen LogP contribution in [-0.2, 0) is 4.74 Å². The van der Waals surface area contributed by atoms with Crippen LogP contribution in [0.1, 0.15) is 40.0 Å². The Balaban J connectivity index is 1.79. The Morgan fingerprint density at radius 1 is 1.12 bits per heavy atom. The largest absolute Gasteiger partial charge is 0.465 e. The standard InChI is InChI=1S/C19H21N3O3/c1-25-19(24)16-7-3-4-8-17(16)21-18(23)14-11-15(13-20-12-14)22-9-5-2-6-10-22/h3-4,7-8,11-13H,2,5-6,9-10H2,1H3,(H,21,23). The second kappa shape index (κ2) is 7.79. The highest BCUT2D eigenvalue weighted by molar-refractivity contribution is 6.08. The predicted octanol–water partition coefficient (Wildman–Crippen LogP) is 3.11. The van der Waals surface area contributed by atoms with Crippen molar-refractivity contribution in [2.45, 2.75) is 19.3 Å². The molecule has 0 radical (unpaired) electrons. The lowest BCUT2D eigenvalue weighted by Crippen LogP contribution is -2.29. The summed E-state index contributed by atoms with van der Waals surface area (Å²) in [5.74, 6) is -0.793. The summed E-state index contributed by atoms with van der Waals surface area (Å²) >= 11 is 0. The molecule has 1 aromatic heterocycles. The van der Waals surface area contributed by atoms with Gasteiger partial charge in [0.1, 0.15) is 0 Å². The van der Waals surface area contributed by atoms with Gasteiger partial charge in [-0.15, -0.1) is 0 Å². The van der Waals surface area contributed by atoms with Gasteiger partial charge in [-0.05, 0) is 37.5 Å². The van der Waals surface area contributed by atoms with Crippen LogP contribution in [0.2, 0.25) is 0 Å². The minimum absolute atomic E-state index is 0.303. The number of benzene rings is 1. The number of carbonyl (C=O) groups is 2. The number of nitrogens with one attached hydrogen (secondary N) is 1. The van der Waals surface area contributed by atoms with Crippen molar-refractivity contribution in [2.24, 2.45) is 0 Å². The van der Waals surface area contributed by atoms with Gasteiger partial charge in [0.2, 0.25) is 0 Å². The van der Waals surface area contributed by atoms with Crippen LogP contribution < -0.4 is 10.2 Å². The van der Waals surface area contributed by atoms with E-state index in [1.165, 1.54) is 19.7 Å². The van der Waals surface area contributed by atoms with Crippen LogP contribution in [0.15, 0.2) is 42.7 Å². The molecule has 3 rings (SSSR count). The summed E-state index contributed by atoms with van der Waals surface area (Å²) in [6, 6.07) is 8.61. The van der Waals surface area contributed by atoms with Gasteiger partial charge < -0.3 is 15.0 Å². The fraction of sp³-hybridized carbons (Fsp3) is 0.316. The first-order valence-corrected chi connectivity index (χ1v) is 8.38. The molecular formula is C19H21N3O3. The molecule has 2 heterocycles. The van der Waals surface area contributed by atoms with Gasteiger partial charge in [0.25, 0.3) is 5.91 Å². The maximum Gasteiger partial charge on any atom is 0.339 e. The van der Waals surface area contributed by atoms with E-state index in [1.807, 2.05) is 6.07 Å². The van der Waals surface area contributed by atoms with Crippen molar-refractivity contribution in [1.29, 1.82) is 0 Å². The van der Waals surface area contributed by atoms with E-state index in [0.29, 0.717) is 16.8 Å². The first kappa shape index (κ1) is 17.0. The summed E-state index contributed by atoms with van der Waals surface area (Å²) in [7, 11) is 1.31. The number of amides is 1. The Morgan fingerprint density at radius 2 is 1.88 bits per heavy atom. The van der Waals surface area contributed by atoms with Crippen LogP contribution in [0.3, 0.4) is 0 Å². The number of methoxy groups -OCH3 is 1. The smallest absolute Gasteiger partial charge is 0.339 e. The van der Waals surface area contributed by atoms with Crippen molar-refractivity contribution in [3.8, 4) is 0 Å². The van der Waals surface area contributed by atoms with Crippen LogP contribution in [0.4, 0.5) is 11.4 Å². The molecule has 0 unspecified atom stereocenters. The molecule has 1 aromatic carbocycles. The third-order valence-corrected chi connectivity index (χ3v) is 4.29. The molecule has 1 amide bonds. The zero-order valence-electron chi connectivity index (χ0n) is 14.2. The molecule has 130 valence electrons. The lowest BCUT2D eigenvalue weighted by Gasteiger charge is -2.28. The summed E-state index contributed by atoms with van der Waals surface area (Å²) < 4.78 is 4.75. The number of anilines is 2. The lowest BCUT2D eigenvalue weighted by molar-refractivity contribution is 0.0602. The Bertz CT molecular complexity index is 770. The average molecular weight is 339 g/mol. The van der Waals surface area contributed by atoms with E-state index in [4.69, 9.17) is 4.74 Å². The van der Waals surface area contributed by atoms with Crippen molar-refractivity contribution >= 4 is 23.3 Å². The summed E-state index contributed by atoms with van der Waals surface area (Å²) in [5, 5.41) is 2.77. The van der Waals surface area contributed by atoms with Gasteiger partial charge in [0.05, 0.1) is 35.8 Å². The number of aromatic nitrogens is 1. The Morgan fingerprint density at radius 3 is 2.64 bits per heavy atom. The molecule has 0 saturated carbocycles. The number of rotatable bonds is 4. The molecule has 6 nitrogen and oxygen atoms in total. The van der Waals surface area contributed by atoms with Gasteiger partial charge in [-0.25, -0.2) is 4.79 Å². The van der Waals surface area contributed by atoms with Gasteiger partial charge >= 0.3 is 5.97 Å². The molecular weight excluding hydrogens is 318 g/mol. The molecule has 2 aromatic rings. The van der Waals surface area contributed by atoms with Crippen LogP contribution >= 0.6 is 0 Å². The molecule has 1 saturated heterocycles. The summed E-state index contributed by atoms with van der Waals surface area (Å²) in [6.07, 6.45) is 6.87. The van der Waals surface area contributed by atoms with Gasteiger partial charge in [0.15, 0.2) is 0 Å². The molecule has 0 spiro atoms. The first-order chi connectivity index (χ1) is 12.2. The maximum absolute atomic E-state index is 12.6. The van der Waals surface area contributed by atoms with Crippen LogP contribution in [0.25, 0.3) is 0 Å². The maximum atomic E-state index is 12.6. The minimum atomic E-state index is -0.490. The number of para-hydroxylation sites is 1. The SMILES string of the molecule is COC(=O)c1ccccc1NC(=O)c1cncc(N2CCCCC2)c1. The molecule has 1 aliphatic rings. The van der Waals surface area contributed by atoms with Crippen molar-refractivity contribution in [3.63, 3.8) is 0 Å². The fourth-order valence-electron chi connectivity index (χ4n) is 2.95. The summed E-state index contributed by atoms with van der Waals surface area (Å²) in [4.78, 5) is 30.9. The first-order valence-electron chi connectivity index (χ1n) is 8.38. The number of esters is 1. The van der Waals surface area contributed by atoms with E-state index in [1.54, 1.807) is 30.5 Å². The second-order valence-corrected chi connectivity index (χ2v) is 5.97. The Hall–Kier alpha value is -2.89. The molecule has 0 bridgehead atoms. The highest BCUT2D eigenvalue weighted by Crippen LogP contribution is 2.21. The number of hydrogen-bond acceptors (Lipinski definition) is 5. The average Bonchev–Trinajstić information content (AvgIpc) is 2.68. The number of ether oxygens (including phenoxy) is 1. The molecule has 1 aliphatic heterocycles. The third-order valence-electron chi connectivity index (χ3n) is 4.29. The van der Waals surface area contributed by atoms with E-state index in [-0.39, 0.29) is 5.91 Å². The molecule has 0 atom stereocenters. The Kier molecular flexibility index (Phi) is 5.28. The Labute approximate surface area is 146 Å². The van der Waals surface area contributed by atoms with Gasteiger partial charge in [-0.2, -0.15) is 0 Å². The number of piperidine rings is 1. The van der Waals surface area contributed by atoms with Crippen molar-refractivity contribution in [3.05, 3.63) is 53.9 Å². The van der Waals surface area contributed by atoms with Gasteiger partial charge in [-0.1, -0.05) is 12.1 Å². The predicted molar refractivity (Wildman–Crippen MR) is 96.0 cm³/mol. The van der Waals surface area contributed by atoms with Crippen LogP contribution in [0, 0.1) is 0 Å². The highest BCUT2D eigenvalue weighted by Gasteiger charge is 2.16. The van der Waals surface area contributed by atoms with E-state index in [9.17, 15) is 9.59 Å². The molecule has 0 aliphatic carbocycles. The van der Waals surface area contributed by atoms with Crippen molar-refractivity contribution in [2.75, 3.05) is 30.4 Å². The molecule has 25 heavy (non-hydrogen) atoms. The van der Waals surface area contributed by atoms with E-state index >= 15 is 0 Å². The third kappa shape index (κ3) is 3.96. The monoisotopic (exact) mass is 339 g/mol. The van der Waals surface area contributed by atoms with Crippen LogP contribution in [-0.4, -0.2) is 37.1 Å². The number of nitrogens with zero attached hydrogens (tertiary/aromatic N) is 2. The quantitative estimate of drug-likeness (QED) is 0.867. The summed E-state index contributed by atoms with van der Waals surface area (Å²) in [6.45, 7) is 1.97. The van der Waals surface area contributed by atoms with E-state index < -0.39 is 5.97 Å². The second-order valence-electron chi connectivity index (χ2n) is 5.97. The fourth-order valence-corrected chi connectivity index (χ4v) is 2.95. The van der Waals surface area contributed by atoms with Crippen LogP contribution in [0.5, 0.6) is 0 Å². The van der Waals surface area contributed by atoms with Crippen molar-refractivity contribution < 1.29 is 14.3 Å². The van der Waals surface area contributed by atoms with Crippen molar-refractivity contribution in [1.82, 2.24) is 4.98 Å². The lowest BCUT2D eigenvalue weighted by atomic mass is 10.1. The molecule has 6 heteroatoms. The number of pyridine rings is 1. The van der Waals surface area contributed by atoms with E-state index in [2.05, 4.69) is 15.2 Å². The number of carbonyl (C=O) groups excluding carboxylic acids is 2. The zero-order chi connectivity index (χ0) is 17.6. The van der Waals surface area contributed by atoms with Gasteiger partial charge in [0, 0.05) is 19.3 Å². The molecule has 1 N–H and O–H groups in total. The van der Waals surface area contributed by atoms with E-state index in [0.717, 1.165) is 31.6 Å². The topological polar surface area (TPSA) is 71.5 Å². The number of hydrogen-bond donors (Lipinski definition) is 1. The minimum Gasteiger partial charge on any atom is -0.465 e. The zero-order valence-corrected chi connectivity index (χ0v) is 14.2. The molecule has 1 fully saturated rings.